The average molecular weight is 209 g/mol. The monoisotopic (exact) mass is 209 g/mol. The molecular weight excluding hydrogens is 190 g/mol. The van der Waals surface area contributed by atoms with E-state index in [2.05, 4.69) is 42.6 Å². The van der Waals surface area contributed by atoms with Crippen LogP contribution in [0.4, 0.5) is 0 Å². The summed E-state index contributed by atoms with van der Waals surface area (Å²) in [6, 6.07) is 10.7. The van der Waals surface area contributed by atoms with Gasteiger partial charge in [0.1, 0.15) is 0 Å². The van der Waals surface area contributed by atoms with Crippen molar-refractivity contribution in [1.29, 1.82) is 0 Å². The molecule has 0 amide bonds. The molecule has 78 valence electrons. The SMILES string of the molecule is CNCC(C)CSCc1ccccc1. The third-order valence-corrected chi connectivity index (χ3v) is 3.41. The Morgan fingerprint density at radius 2 is 2.00 bits per heavy atom. The Morgan fingerprint density at radius 3 is 2.64 bits per heavy atom. The normalized spacial score (nSPS) is 12.7. The summed E-state index contributed by atoms with van der Waals surface area (Å²) in [6.07, 6.45) is 0. The third kappa shape index (κ3) is 4.68. The zero-order chi connectivity index (χ0) is 10.2. The van der Waals surface area contributed by atoms with Crippen LogP contribution in [0, 0.1) is 5.92 Å². The minimum absolute atomic E-state index is 0.758. The first-order valence-electron chi connectivity index (χ1n) is 5.09. The lowest BCUT2D eigenvalue weighted by Crippen LogP contribution is -2.17. The number of rotatable bonds is 6. The fourth-order valence-corrected chi connectivity index (χ4v) is 2.43. The summed E-state index contributed by atoms with van der Waals surface area (Å²) in [4.78, 5) is 0. The van der Waals surface area contributed by atoms with Crippen LogP contribution in [0.25, 0.3) is 0 Å². The van der Waals surface area contributed by atoms with Crippen LogP contribution in [-0.4, -0.2) is 19.3 Å². The van der Waals surface area contributed by atoms with E-state index in [4.69, 9.17) is 0 Å². The van der Waals surface area contributed by atoms with Gasteiger partial charge in [0.05, 0.1) is 0 Å². The Bertz CT molecular complexity index is 235. The van der Waals surface area contributed by atoms with E-state index in [1.165, 1.54) is 11.3 Å². The Balaban J connectivity index is 2.16. The van der Waals surface area contributed by atoms with Crippen molar-refractivity contribution in [3.8, 4) is 0 Å². The molecule has 1 N–H and O–H groups in total. The molecule has 0 fully saturated rings. The Kier molecular flexibility index (Phi) is 5.72. The second-order valence-corrected chi connectivity index (χ2v) is 4.69. The largest absolute Gasteiger partial charge is 0.319 e. The quantitative estimate of drug-likeness (QED) is 0.773. The summed E-state index contributed by atoms with van der Waals surface area (Å²) in [5, 5.41) is 3.20. The van der Waals surface area contributed by atoms with Crippen molar-refractivity contribution >= 4 is 11.8 Å². The number of hydrogen-bond donors (Lipinski definition) is 1. The number of thioether (sulfide) groups is 1. The van der Waals surface area contributed by atoms with Crippen LogP contribution in [0.3, 0.4) is 0 Å². The molecule has 14 heavy (non-hydrogen) atoms. The van der Waals surface area contributed by atoms with Gasteiger partial charge in [-0.1, -0.05) is 37.3 Å². The topological polar surface area (TPSA) is 12.0 Å². The van der Waals surface area contributed by atoms with Crippen LogP contribution >= 0.6 is 11.8 Å². The van der Waals surface area contributed by atoms with Gasteiger partial charge in [0.15, 0.2) is 0 Å². The van der Waals surface area contributed by atoms with Crippen molar-refractivity contribution in [2.45, 2.75) is 12.7 Å². The second-order valence-electron chi connectivity index (χ2n) is 3.66. The van der Waals surface area contributed by atoms with E-state index >= 15 is 0 Å². The van der Waals surface area contributed by atoms with Crippen molar-refractivity contribution in [2.75, 3.05) is 19.3 Å². The fourth-order valence-electron chi connectivity index (χ4n) is 1.36. The molecule has 0 aliphatic heterocycles. The first-order valence-corrected chi connectivity index (χ1v) is 6.24. The standard InChI is InChI=1S/C12H19NS/c1-11(8-13-2)9-14-10-12-6-4-3-5-7-12/h3-7,11,13H,8-10H2,1-2H3. The van der Waals surface area contributed by atoms with Crippen molar-refractivity contribution in [2.24, 2.45) is 5.92 Å². The van der Waals surface area contributed by atoms with Crippen molar-refractivity contribution in [3.05, 3.63) is 35.9 Å². The lowest BCUT2D eigenvalue weighted by atomic mass is 10.2. The smallest absolute Gasteiger partial charge is 0.0184 e. The molecule has 0 aliphatic rings. The maximum atomic E-state index is 3.20. The summed E-state index contributed by atoms with van der Waals surface area (Å²) < 4.78 is 0. The van der Waals surface area contributed by atoms with Crippen LogP contribution in [0.2, 0.25) is 0 Å². The maximum Gasteiger partial charge on any atom is 0.0184 e. The van der Waals surface area contributed by atoms with Gasteiger partial charge in [0.2, 0.25) is 0 Å². The summed E-state index contributed by atoms with van der Waals surface area (Å²) >= 11 is 2.01. The summed E-state index contributed by atoms with van der Waals surface area (Å²) in [6.45, 7) is 3.40. The highest BCUT2D eigenvalue weighted by atomic mass is 32.2. The molecule has 1 nitrogen and oxygen atoms in total. The van der Waals surface area contributed by atoms with Gasteiger partial charge in [0.25, 0.3) is 0 Å². The number of hydrogen-bond acceptors (Lipinski definition) is 2. The molecule has 1 unspecified atom stereocenters. The summed E-state index contributed by atoms with van der Waals surface area (Å²) in [5.74, 6) is 3.12. The second kappa shape index (κ2) is 6.91. The Hall–Kier alpha value is -0.470. The van der Waals surface area contributed by atoms with Crippen LogP contribution in [0.1, 0.15) is 12.5 Å². The Morgan fingerprint density at radius 1 is 1.29 bits per heavy atom. The summed E-state index contributed by atoms with van der Waals surface area (Å²) in [7, 11) is 2.01. The average Bonchev–Trinajstić information content (AvgIpc) is 2.20. The molecule has 0 spiro atoms. The minimum Gasteiger partial charge on any atom is -0.319 e. The van der Waals surface area contributed by atoms with Gasteiger partial charge in [-0.3, -0.25) is 0 Å². The molecule has 1 aromatic carbocycles. The van der Waals surface area contributed by atoms with E-state index < -0.39 is 0 Å². The zero-order valence-electron chi connectivity index (χ0n) is 8.99. The third-order valence-electron chi connectivity index (χ3n) is 2.07. The molecule has 0 heterocycles. The number of nitrogens with one attached hydrogen (secondary N) is 1. The predicted octanol–water partition coefficient (Wildman–Crippen LogP) is 2.78. The highest BCUT2D eigenvalue weighted by molar-refractivity contribution is 7.98. The van der Waals surface area contributed by atoms with Gasteiger partial charge in [-0.2, -0.15) is 11.8 Å². The van der Waals surface area contributed by atoms with E-state index in [9.17, 15) is 0 Å². The van der Waals surface area contributed by atoms with Gasteiger partial charge in [-0.25, -0.2) is 0 Å². The van der Waals surface area contributed by atoms with E-state index in [1.807, 2.05) is 18.8 Å². The van der Waals surface area contributed by atoms with Crippen LogP contribution in [-0.2, 0) is 5.75 Å². The van der Waals surface area contributed by atoms with Gasteiger partial charge >= 0.3 is 0 Å². The van der Waals surface area contributed by atoms with Crippen LogP contribution < -0.4 is 5.32 Å². The lowest BCUT2D eigenvalue weighted by molar-refractivity contribution is 0.603. The molecule has 1 atom stereocenters. The van der Waals surface area contributed by atoms with Gasteiger partial charge in [-0.05, 0) is 30.8 Å². The van der Waals surface area contributed by atoms with Crippen LogP contribution in [0.15, 0.2) is 30.3 Å². The fraction of sp³-hybridized carbons (Fsp3) is 0.500. The molecule has 0 saturated heterocycles. The molecule has 0 saturated carbocycles. The molecule has 0 bridgehead atoms. The minimum atomic E-state index is 0.758. The molecule has 1 rings (SSSR count). The van der Waals surface area contributed by atoms with Gasteiger partial charge in [-0.15, -0.1) is 0 Å². The molecule has 0 aliphatic carbocycles. The molecule has 0 radical (unpaired) electrons. The van der Waals surface area contributed by atoms with E-state index in [1.54, 1.807) is 0 Å². The van der Waals surface area contributed by atoms with Crippen molar-refractivity contribution in [1.82, 2.24) is 5.32 Å². The molecular formula is C12H19NS. The van der Waals surface area contributed by atoms with Crippen LogP contribution in [0.5, 0.6) is 0 Å². The van der Waals surface area contributed by atoms with Gasteiger partial charge in [0, 0.05) is 5.75 Å². The molecule has 2 heteroatoms. The van der Waals surface area contributed by atoms with E-state index in [0.29, 0.717) is 0 Å². The van der Waals surface area contributed by atoms with E-state index in [-0.39, 0.29) is 0 Å². The van der Waals surface area contributed by atoms with E-state index in [0.717, 1.165) is 18.2 Å². The van der Waals surface area contributed by atoms with Crippen molar-refractivity contribution in [3.63, 3.8) is 0 Å². The summed E-state index contributed by atoms with van der Waals surface area (Å²) in [5.41, 5.74) is 1.43. The Labute approximate surface area is 91.3 Å². The molecule has 0 aromatic heterocycles. The predicted molar refractivity (Wildman–Crippen MR) is 65.7 cm³/mol. The number of benzene rings is 1. The highest BCUT2D eigenvalue weighted by Gasteiger charge is 2.00. The highest BCUT2D eigenvalue weighted by Crippen LogP contribution is 2.14. The maximum absolute atomic E-state index is 3.20. The zero-order valence-corrected chi connectivity index (χ0v) is 9.81. The first kappa shape index (κ1) is 11.6. The van der Waals surface area contributed by atoms with Crippen molar-refractivity contribution < 1.29 is 0 Å². The van der Waals surface area contributed by atoms with Gasteiger partial charge < -0.3 is 5.32 Å². The first-order chi connectivity index (χ1) is 6.83. The molecule has 1 aromatic rings. The lowest BCUT2D eigenvalue weighted by Gasteiger charge is -2.09.